The summed E-state index contributed by atoms with van der Waals surface area (Å²) in [6, 6.07) is 4.92. The molecular formula is C89H163N11O32S2. The maximum Gasteiger partial charge on any atom is 0.407 e. The molecule has 18 atom stereocenters. The Morgan fingerprint density at radius 3 is 1.40 bits per heavy atom. The molecule has 1 fully saturated rings. The molecule has 43 nitrogen and oxygen atoms in total. The Bertz CT molecular complexity index is 3340. The van der Waals surface area contributed by atoms with Crippen molar-refractivity contribution in [2.24, 2.45) is 23.7 Å². The van der Waals surface area contributed by atoms with Gasteiger partial charge in [-0.3, -0.25) is 43.3 Å². The fourth-order valence-electron chi connectivity index (χ4n) is 13.3. The van der Waals surface area contributed by atoms with Gasteiger partial charge >= 0.3 is 30.2 Å². The number of aliphatic hydroxyl groups excluding tert-OH is 5. The molecule has 1 aliphatic heterocycles. The van der Waals surface area contributed by atoms with Crippen LogP contribution < -0.4 is 42.5 Å². The number of carbonyl (C=O) groups is 12. The lowest BCUT2D eigenvalue weighted by atomic mass is 9.89. The quantitative estimate of drug-likeness (QED) is 0.0146. The summed E-state index contributed by atoms with van der Waals surface area (Å²) in [5.41, 5.74) is 0.798. The lowest BCUT2D eigenvalue weighted by Gasteiger charge is -2.41. The van der Waals surface area contributed by atoms with Gasteiger partial charge in [-0.2, -0.15) is 0 Å². The molecule has 0 aromatic heterocycles. The number of amides is 10. The number of hydrogen-bond acceptors (Lipinski definition) is 34. The average molecular weight is 1960 g/mol. The average Bonchev–Trinajstić information content (AvgIpc) is 1.09. The first-order valence-electron chi connectivity index (χ1n) is 45.6. The van der Waals surface area contributed by atoms with E-state index in [2.05, 4.69) is 42.5 Å². The van der Waals surface area contributed by atoms with Crippen LogP contribution in [0, 0.1) is 23.7 Å². The SMILES string of the molecule is CCC(CO)OC(CO)OC.CCC(CO)OC(COC(=O)NCCC(=O)NCCSSC)OC.CCC(CO)OC(COC(=O)NCCC(=O)N[C@@H](C)C(=O)OCCCNC(=O)[C@@H](Cc1ccccc1)NC(=O)[C@H](C)[C@@H](OC)[C@@H]1CCCN1C(=O)C[C@@H](OC)C([C@@H](C)CC)N(C)C(=O)[C@@H](NC(=O)[C@H](C(C)C)N(C)C)C(C)C)OC.CCC(CO)OC(COC(=O)NCCC(=O)O)OC. The van der Waals surface area contributed by atoms with Crippen molar-refractivity contribution in [3.8, 4) is 0 Å². The first-order chi connectivity index (χ1) is 63.8. The van der Waals surface area contributed by atoms with E-state index in [1.54, 1.807) is 45.4 Å². The van der Waals surface area contributed by atoms with Crippen LogP contribution >= 0.6 is 21.6 Å². The molecule has 778 valence electrons. The Kier molecular flexibility index (Phi) is 74.0. The third kappa shape index (κ3) is 55.1. The van der Waals surface area contributed by atoms with Crippen LogP contribution in [-0.2, 0) is 116 Å². The maximum atomic E-state index is 14.5. The number of aliphatic carboxylic acids is 1. The summed E-state index contributed by atoms with van der Waals surface area (Å²) in [5, 5.41) is 74.3. The number of rotatable bonds is 67. The monoisotopic (exact) mass is 1960 g/mol. The zero-order valence-corrected chi connectivity index (χ0v) is 84.5. The highest BCUT2D eigenvalue weighted by molar-refractivity contribution is 8.76. The minimum Gasteiger partial charge on any atom is -0.481 e. The van der Waals surface area contributed by atoms with Crippen LogP contribution in [0.1, 0.15) is 166 Å². The smallest absolute Gasteiger partial charge is 0.407 e. The van der Waals surface area contributed by atoms with Crippen LogP contribution in [0.15, 0.2) is 30.3 Å². The second-order valence-corrected chi connectivity index (χ2v) is 34.8. The minimum atomic E-state index is -1.01. The highest BCUT2D eigenvalue weighted by Crippen LogP contribution is 2.31. The third-order valence-corrected chi connectivity index (χ3v) is 23.0. The van der Waals surface area contributed by atoms with Gasteiger partial charge in [0, 0.05) is 114 Å². The summed E-state index contributed by atoms with van der Waals surface area (Å²) in [7, 11) is 17.3. The molecule has 1 aromatic rings. The number of alkyl carbamates (subject to hydrolysis) is 3. The zero-order chi connectivity index (χ0) is 102. The number of methoxy groups -OCH3 is 6. The molecule has 10 amide bonds. The fraction of sp³-hybridized carbons (Fsp3) is 0.798. The fourth-order valence-corrected chi connectivity index (χ4v) is 14.4. The van der Waals surface area contributed by atoms with E-state index in [0.717, 1.165) is 11.3 Å². The number of likely N-dealkylation sites (tertiary alicyclic amines) is 1. The highest BCUT2D eigenvalue weighted by atomic mass is 33.1. The number of hydrogen-bond donors (Lipinski definition) is 14. The van der Waals surface area contributed by atoms with Gasteiger partial charge in [0.25, 0.3) is 0 Å². The number of carboxylic acid groups (broad SMARTS) is 1. The molecule has 9 unspecified atom stereocenters. The molecule has 0 saturated carbocycles. The van der Waals surface area contributed by atoms with Crippen LogP contribution in [0.4, 0.5) is 14.4 Å². The van der Waals surface area contributed by atoms with Gasteiger partial charge in [0.15, 0.2) is 25.2 Å². The second kappa shape index (κ2) is 77.3. The zero-order valence-electron chi connectivity index (χ0n) is 82.9. The van der Waals surface area contributed by atoms with Crippen molar-refractivity contribution in [1.29, 1.82) is 0 Å². The van der Waals surface area contributed by atoms with Crippen molar-refractivity contribution in [2.45, 2.75) is 265 Å². The van der Waals surface area contributed by atoms with Gasteiger partial charge in [0.1, 0.15) is 37.9 Å². The van der Waals surface area contributed by atoms with Crippen molar-refractivity contribution in [2.75, 3.05) is 175 Å². The largest absolute Gasteiger partial charge is 0.481 e. The molecule has 134 heavy (non-hydrogen) atoms. The van der Waals surface area contributed by atoms with Crippen molar-refractivity contribution in [3.63, 3.8) is 0 Å². The van der Waals surface area contributed by atoms with Gasteiger partial charge < -0.3 is 149 Å². The Morgan fingerprint density at radius 1 is 0.515 bits per heavy atom. The third-order valence-electron chi connectivity index (χ3n) is 21.2. The second-order valence-electron chi connectivity index (χ2n) is 32.1. The van der Waals surface area contributed by atoms with Crippen LogP contribution in [0.3, 0.4) is 0 Å². The van der Waals surface area contributed by atoms with Crippen molar-refractivity contribution < 1.29 is 154 Å². The first-order valence-corrected chi connectivity index (χ1v) is 48.3. The number of benzene rings is 1. The number of carbonyl (C=O) groups excluding carboxylic acids is 11. The number of likely N-dealkylation sites (N-methyl/N-ethyl adjacent to an activating group) is 2. The van der Waals surface area contributed by atoms with E-state index in [9.17, 15) is 62.6 Å². The van der Waals surface area contributed by atoms with E-state index in [4.69, 9.17) is 91.8 Å². The molecule has 0 radical (unpaired) electrons. The van der Waals surface area contributed by atoms with E-state index in [0.29, 0.717) is 58.0 Å². The van der Waals surface area contributed by atoms with Gasteiger partial charge in [0.05, 0.1) is 113 Å². The Morgan fingerprint density at radius 2 is 0.993 bits per heavy atom. The van der Waals surface area contributed by atoms with Gasteiger partial charge in [-0.05, 0) is 95.5 Å². The normalized spacial score (nSPS) is 16.2. The van der Waals surface area contributed by atoms with E-state index < -0.39 is 134 Å². The Labute approximate surface area is 799 Å². The summed E-state index contributed by atoms with van der Waals surface area (Å²) >= 11 is 0. The number of nitrogens with zero attached hydrogens (tertiary/aromatic N) is 3. The molecular weight excluding hydrogens is 1800 g/mol. The summed E-state index contributed by atoms with van der Waals surface area (Å²) < 4.78 is 73.4. The highest BCUT2D eigenvalue weighted by Gasteiger charge is 2.44. The molecule has 0 aliphatic carbocycles. The van der Waals surface area contributed by atoms with Crippen molar-refractivity contribution in [1.82, 2.24) is 57.2 Å². The van der Waals surface area contributed by atoms with Gasteiger partial charge in [-0.15, -0.1) is 0 Å². The minimum absolute atomic E-state index is 0.00388. The molecule has 0 spiro atoms. The van der Waals surface area contributed by atoms with E-state index >= 15 is 0 Å². The van der Waals surface area contributed by atoms with Crippen LogP contribution in [0.25, 0.3) is 0 Å². The predicted octanol–water partition coefficient (Wildman–Crippen LogP) is 3.47. The molecule has 1 heterocycles. The lowest BCUT2D eigenvalue weighted by molar-refractivity contribution is -0.181. The Balaban J connectivity index is 0. The van der Waals surface area contributed by atoms with E-state index in [-0.39, 0.29) is 184 Å². The van der Waals surface area contributed by atoms with Gasteiger partial charge in [-0.1, -0.05) is 135 Å². The van der Waals surface area contributed by atoms with Gasteiger partial charge in [-0.25, -0.2) is 19.2 Å². The molecule has 1 saturated heterocycles. The lowest BCUT2D eigenvalue weighted by Crippen LogP contribution is -2.59. The van der Waals surface area contributed by atoms with Crippen LogP contribution in [0.5, 0.6) is 0 Å². The molecule has 45 heteroatoms. The molecule has 2 rings (SSSR count). The van der Waals surface area contributed by atoms with Crippen molar-refractivity contribution >= 4 is 93.2 Å². The van der Waals surface area contributed by atoms with E-state index in [1.807, 2.05) is 125 Å². The van der Waals surface area contributed by atoms with Crippen molar-refractivity contribution in [3.05, 3.63) is 35.9 Å². The van der Waals surface area contributed by atoms with Gasteiger partial charge in [0.2, 0.25) is 41.4 Å². The van der Waals surface area contributed by atoms with Crippen LogP contribution in [0.2, 0.25) is 0 Å². The topological polar surface area (TPSA) is 561 Å². The number of aliphatic hydroxyl groups is 5. The molecule has 1 aliphatic rings. The number of nitrogens with one attached hydrogen (secondary N) is 8. The predicted molar refractivity (Wildman–Crippen MR) is 501 cm³/mol. The Hall–Kier alpha value is -7.68. The number of ether oxygens (including phenoxy) is 14. The standard InChI is InChI=1S/C57H98N8O15.C14H28N2O6S2.C11H21NO7.C7H16O4/c1-16-37(7)50(64(12)55(72)48(35(3)4)62-54(71)49(36(5)6)63(10)11)44(75-13)32-46(68)65-29-21-25-43(65)51(77-15)38(8)52(69)61-42(31-40-23-19-18-20-24-40)53(70)58-27-22-30-78-56(73)39(9)60-45(67)26-28-59-57(74)79-34-47(76-14)80-41(17-2)33-66;1-4-11(9-17)22-13(20-2)10-21-14(19)16-6-5-12(18)15-7-8-24-23-3;1-3-8(6-13)19-10(17-2)7-18-11(16)12-5-4-9(14)15;1-3-6(4-8)11-7(5-9)10-2/h18-20,23-24,35-39,41-44,47-51,66H,16-17,21-22,25-34H2,1-15H3,(H,58,70)(H,59,74)(H,60,67)(H,61,69)(H,62,71);11,13,17H,4-10H2,1-3H3,(H,15,18)(H,16,19);8,10,13H,3-7H2,1-2H3,(H,12,16)(H,14,15);6-9H,3-5H2,1-2H3/t37-,38+,39-,41?,42+,43-,44+,47?,48-,49-,50?,51+;;;/m0.../s1. The number of carboxylic acids is 1. The van der Waals surface area contributed by atoms with Crippen LogP contribution in [-0.4, -0.2) is 389 Å². The first kappa shape index (κ1) is 128. The molecule has 14 N–H and O–H groups in total. The summed E-state index contributed by atoms with van der Waals surface area (Å²) in [6.07, 6.45) is -1.65. The molecule has 0 bridgehead atoms. The summed E-state index contributed by atoms with van der Waals surface area (Å²) in [6.45, 7) is 22.2. The summed E-state index contributed by atoms with van der Waals surface area (Å²) in [5.74, 6) is -4.31. The van der Waals surface area contributed by atoms with E-state index in [1.165, 1.54) is 49.6 Å². The molecule has 1 aromatic carbocycles. The number of esters is 1. The summed E-state index contributed by atoms with van der Waals surface area (Å²) in [4.78, 5) is 157. The maximum absolute atomic E-state index is 14.5.